The highest BCUT2D eigenvalue weighted by Crippen LogP contribution is 2.38. The second kappa shape index (κ2) is 8.74. The summed E-state index contributed by atoms with van der Waals surface area (Å²) in [5.74, 6) is -0.882. The monoisotopic (exact) mass is 302 g/mol. The summed E-state index contributed by atoms with van der Waals surface area (Å²) >= 11 is 0. The molecule has 0 aromatic carbocycles. The molecule has 0 fully saturated rings. The summed E-state index contributed by atoms with van der Waals surface area (Å²) < 4.78 is 5.40. The van der Waals surface area contributed by atoms with Gasteiger partial charge in [-0.1, -0.05) is 41.5 Å². The zero-order valence-corrected chi connectivity index (χ0v) is 14.6. The molecule has 126 valence electrons. The molecule has 0 aliphatic carbocycles. The second-order valence-electron chi connectivity index (χ2n) is 6.11. The molecule has 1 atom stereocenters. The zero-order chi connectivity index (χ0) is 16.7. The molecular weight excluding hydrogens is 268 g/mol. The van der Waals surface area contributed by atoms with Crippen LogP contribution in [0.4, 0.5) is 0 Å². The Morgan fingerprint density at radius 2 is 1.33 bits per heavy atom. The molecule has 0 saturated heterocycles. The number of rotatable bonds is 10. The molecule has 0 aromatic rings. The fraction of sp³-hybridized carbons (Fsp3) is 0.941. The molecule has 1 unspecified atom stereocenters. The van der Waals surface area contributed by atoms with E-state index in [9.17, 15) is 15.0 Å². The van der Waals surface area contributed by atoms with Crippen LogP contribution in [0.2, 0.25) is 0 Å². The van der Waals surface area contributed by atoms with Crippen LogP contribution in [0.5, 0.6) is 0 Å². The van der Waals surface area contributed by atoms with Gasteiger partial charge in [0.2, 0.25) is 0 Å². The molecule has 0 rings (SSSR count). The van der Waals surface area contributed by atoms with Crippen LogP contribution in [0.15, 0.2) is 0 Å². The molecule has 0 aliphatic rings. The molecule has 0 spiro atoms. The average Bonchev–Trinajstić information content (AvgIpc) is 2.52. The molecule has 0 amide bonds. The minimum Gasteiger partial charge on any atom is -0.465 e. The van der Waals surface area contributed by atoms with Gasteiger partial charge in [0.25, 0.3) is 0 Å². The van der Waals surface area contributed by atoms with Gasteiger partial charge >= 0.3 is 5.97 Å². The van der Waals surface area contributed by atoms with Crippen molar-refractivity contribution in [2.45, 2.75) is 84.8 Å². The molecule has 0 aliphatic heterocycles. The summed E-state index contributed by atoms with van der Waals surface area (Å²) in [5, 5.41) is 21.7. The maximum Gasteiger partial charge on any atom is 0.308 e. The van der Waals surface area contributed by atoms with E-state index in [4.69, 9.17) is 4.74 Å². The number of carbonyl (C=O) groups is 1. The summed E-state index contributed by atoms with van der Waals surface area (Å²) in [6.45, 7) is 11.4. The molecule has 4 heteroatoms. The van der Waals surface area contributed by atoms with Crippen molar-refractivity contribution in [2.75, 3.05) is 6.61 Å². The Morgan fingerprint density at radius 3 is 1.62 bits per heavy atom. The number of ether oxygens (including phenoxy) is 1. The highest BCUT2D eigenvalue weighted by Gasteiger charge is 2.46. The van der Waals surface area contributed by atoms with Gasteiger partial charge in [-0.05, 0) is 32.1 Å². The van der Waals surface area contributed by atoms with Crippen LogP contribution in [-0.2, 0) is 9.53 Å². The molecule has 0 saturated carbocycles. The van der Waals surface area contributed by atoms with Gasteiger partial charge in [0.1, 0.15) is 0 Å². The topological polar surface area (TPSA) is 66.8 Å². The summed E-state index contributed by atoms with van der Waals surface area (Å²) in [4.78, 5) is 11.9. The van der Waals surface area contributed by atoms with Gasteiger partial charge in [0.15, 0.2) is 0 Å². The third-order valence-electron chi connectivity index (χ3n) is 5.15. The maximum absolute atomic E-state index is 11.9. The normalized spacial score (nSPS) is 14.3. The van der Waals surface area contributed by atoms with Gasteiger partial charge in [0.05, 0.1) is 29.6 Å². The first-order valence-corrected chi connectivity index (χ1v) is 8.35. The van der Waals surface area contributed by atoms with Crippen LogP contribution in [0, 0.1) is 11.8 Å². The molecular formula is C17H34O4. The highest BCUT2D eigenvalue weighted by atomic mass is 16.5. The van der Waals surface area contributed by atoms with Crippen molar-refractivity contribution in [3.05, 3.63) is 0 Å². The third-order valence-corrected chi connectivity index (χ3v) is 5.15. The Kier molecular flexibility index (Phi) is 8.49. The van der Waals surface area contributed by atoms with Crippen LogP contribution in [-0.4, -0.2) is 34.0 Å². The SMILES string of the molecule is CCC(C)C(=O)OCC(C(O)(CC)CC)C(O)(CC)CC. The first-order valence-electron chi connectivity index (χ1n) is 8.35. The lowest BCUT2D eigenvalue weighted by Crippen LogP contribution is -2.53. The van der Waals surface area contributed by atoms with Crippen molar-refractivity contribution in [3.8, 4) is 0 Å². The van der Waals surface area contributed by atoms with Gasteiger partial charge in [0, 0.05) is 0 Å². The zero-order valence-electron chi connectivity index (χ0n) is 14.6. The van der Waals surface area contributed by atoms with Gasteiger partial charge in [-0.15, -0.1) is 0 Å². The first kappa shape index (κ1) is 20.4. The fourth-order valence-corrected chi connectivity index (χ4v) is 2.77. The molecule has 0 heterocycles. The fourth-order valence-electron chi connectivity index (χ4n) is 2.77. The molecule has 0 bridgehead atoms. The van der Waals surface area contributed by atoms with Crippen molar-refractivity contribution in [1.29, 1.82) is 0 Å². The lowest BCUT2D eigenvalue weighted by Gasteiger charge is -2.44. The smallest absolute Gasteiger partial charge is 0.308 e. The van der Waals surface area contributed by atoms with E-state index in [1.54, 1.807) is 0 Å². The Hall–Kier alpha value is -0.610. The van der Waals surface area contributed by atoms with Gasteiger partial charge in [-0.3, -0.25) is 4.79 Å². The lowest BCUT2D eigenvalue weighted by atomic mass is 9.70. The Balaban J connectivity index is 5.21. The lowest BCUT2D eigenvalue weighted by molar-refractivity contribution is -0.173. The number of aliphatic hydroxyl groups is 2. The number of hydrogen-bond donors (Lipinski definition) is 2. The van der Waals surface area contributed by atoms with E-state index in [0.29, 0.717) is 25.7 Å². The van der Waals surface area contributed by atoms with Gasteiger partial charge in [-0.25, -0.2) is 0 Å². The van der Waals surface area contributed by atoms with Crippen molar-refractivity contribution >= 4 is 5.97 Å². The number of hydrogen-bond acceptors (Lipinski definition) is 4. The summed E-state index contributed by atoms with van der Waals surface area (Å²) in [6.07, 6.45) is 2.82. The summed E-state index contributed by atoms with van der Waals surface area (Å²) in [5.41, 5.74) is -2.03. The molecule has 2 N–H and O–H groups in total. The quantitative estimate of drug-likeness (QED) is 0.608. The van der Waals surface area contributed by atoms with Gasteiger partial charge < -0.3 is 14.9 Å². The second-order valence-corrected chi connectivity index (χ2v) is 6.11. The Bertz CT molecular complexity index is 288. The number of esters is 1. The van der Waals surface area contributed by atoms with E-state index >= 15 is 0 Å². The minimum atomic E-state index is -1.02. The van der Waals surface area contributed by atoms with Crippen LogP contribution in [0.3, 0.4) is 0 Å². The molecule has 0 aromatic heterocycles. The van der Waals surface area contributed by atoms with Crippen LogP contribution < -0.4 is 0 Å². The Labute approximate surface area is 129 Å². The molecule has 21 heavy (non-hydrogen) atoms. The van der Waals surface area contributed by atoms with Crippen molar-refractivity contribution < 1.29 is 19.7 Å². The van der Waals surface area contributed by atoms with Crippen LogP contribution in [0.1, 0.15) is 73.6 Å². The van der Waals surface area contributed by atoms with Crippen LogP contribution >= 0.6 is 0 Å². The van der Waals surface area contributed by atoms with Crippen molar-refractivity contribution in [2.24, 2.45) is 11.8 Å². The first-order chi connectivity index (χ1) is 9.74. The van der Waals surface area contributed by atoms with Gasteiger partial charge in [-0.2, -0.15) is 0 Å². The molecule has 0 radical (unpaired) electrons. The Morgan fingerprint density at radius 1 is 0.952 bits per heavy atom. The third kappa shape index (κ3) is 4.96. The minimum absolute atomic E-state index is 0.0690. The predicted molar refractivity (Wildman–Crippen MR) is 85.0 cm³/mol. The highest BCUT2D eigenvalue weighted by molar-refractivity contribution is 5.71. The van der Waals surface area contributed by atoms with Crippen molar-refractivity contribution in [3.63, 3.8) is 0 Å². The van der Waals surface area contributed by atoms with E-state index in [0.717, 1.165) is 6.42 Å². The standard InChI is InChI=1S/C17H34O4/c1-7-13(6)15(18)21-12-14(16(19,8-2)9-3)17(20,10-4)11-5/h13-14,19-20H,7-12H2,1-6H3. The molecule has 4 nitrogen and oxygen atoms in total. The van der Waals surface area contributed by atoms with E-state index in [1.807, 2.05) is 41.5 Å². The summed E-state index contributed by atoms with van der Waals surface area (Å²) in [7, 11) is 0. The van der Waals surface area contributed by atoms with E-state index in [-0.39, 0.29) is 18.5 Å². The largest absolute Gasteiger partial charge is 0.465 e. The maximum atomic E-state index is 11.9. The van der Waals surface area contributed by atoms with Crippen LogP contribution in [0.25, 0.3) is 0 Å². The van der Waals surface area contributed by atoms with E-state index in [2.05, 4.69) is 0 Å². The number of carbonyl (C=O) groups excluding carboxylic acids is 1. The van der Waals surface area contributed by atoms with Crippen molar-refractivity contribution in [1.82, 2.24) is 0 Å². The summed E-state index contributed by atoms with van der Waals surface area (Å²) in [6, 6.07) is 0. The average molecular weight is 302 g/mol. The predicted octanol–water partition coefficient (Wildman–Crippen LogP) is 3.29. The van der Waals surface area contributed by atoms with E-state index in [1.165, 1.54) is 0 Å². The van der Waals surface area contributed by atoms with E-state index < -0.39 is 17.1 Å².